The molecule has 0 saturated carbocycles. The van der Waals surface area contributed by atoms with Crippen molar-refractivity contribution in [1.29, 1.82) is 0 Å². The number of nitrogens with zero attached hydrogens (tertiary/aromatic N) is 1. The van der Waals surface area contributed by atoms with Crippen LogP contribution in [0.4, 0.5) is 0 Å². The van der Waals surface area contributed by atoms with Crippen LogP contribution in [0.1, 0.15) is 45.6 Å². The summed E-state index contributed by atoms with van der Waals surface area (Å²) in [6, 6.07) is 7.52. The third-order valence-electron chi connectivity index (χ3n) is 4.57. The van der Waals surface area contributed by atoms with Gasteiger partial charge in [0.05, 0.1) is 23.7 Å². The molecule has 2 aromatic heterocycles. The van der Waals surface area contributed by atoms with Gasteiger partial charge in [0, 0.05) is 11.4 Å². The predicted octanol–water partition coefficient (Wildman–Crippen LogP) is 2.72. The van der Waals surface area contributed by atoms with Crippen molar-refractivity contribution >= 4 is 23.2 Å². The van der Waals surface area contributed by atoms with Crippen LogP contribution in [0, 0.1) is 6.92 Å². The number of piperidine rings is 1. The zero-order valence-electron chi connectivity index (χ0n) is 15.0. The predicted molar refractivity (Wildman–Crippen MR) is 101 cm³/mol. The summed E-state index contributed by atoms with van der Waals surface area (Å²) in [6.07, 6.45) is 5.25. The van der Waals surface area contributed by atoms with E-state index in [0.29, 0.717) is 11.4 Å². The molecule has 2 amide bonds. The molecule has 6 nitrogen and oxygen atoms in total. The molecule has 1 unspecified atom stereocenters. The monoisotopic (exact) mass is 375 g/mol. The fraction of sp³-hybridized carbons (Fsp3) is 0.474. The van der Waals surface area contributed by atoms with Crippen molar-refractivity contribution in [3.8, 4) is 0 Å². The molecule has 3 heterocycles. The summed E-state index contributed by atoms with van der Waals surface area (Å²) in [7, 11) is 0. The molecule has 1 aliphatic heterocycles. The highest BCUT2D eigenvalue weighted by Crippen LogP contribution is 2.24. The van der Waals surface area contributed by atoms with Gasteiger partial charge in [0.15, 0.2) is 0 Å². The second-order valence-corrected chi connectivity index (χ2v) is 7.81. The molecule has 0 aliphatic carbocycles. The average Bonchev–Trinajstić information content (AvgIpc) is 3.33. The number of carbonyl (C=O) groups excluding carboxylic acids is 2. The molecule has 2 aromatic rings. The molecule has 7 heteroatoms. The molecular formula is C19H25N3O3S. The van der Waals surface area contributed by atoms with Crippen molar-refractivity contribution in [1.82, 2.24) is 15.5 Å². The minimum absolute atomic E-state index is 0.0271. The highest BCUT2D eigenvalue weighted by molar-refractivity contribution is 7.13. The molecule has 3 rings (SSSR count). The van der Waals surface area contributed by atoms with Gasteiger partial charge < -0.3 is 15.1 Å². The van der Waals surface area contributed by atoms with Crippen LogP contribution in [-0.4, -0.2) is 42.9 Å². The summed E-state index contributed by atoms with van der Waals surface area (Å²) in [5.41, 5.74) is 0. The number of hydrogen-bond acceptors (Lipinski definition) is 5. The summed E-state index contributed by atoms with van der Waals surface area (Å²) in [5.74, 6) is 0.461. The molecule has 2 N–H and O–H groups in total. The van der Waals surface area contributed by atoms with Gasteiger partial charge in [0.25, 0.3) is 5.91 Å². The minimum Gasteiger partial charge on any atom is -0.468 e. The van der Waals surface area contributed by atoms with E-state index in [0.717, 1.165) is 23.7 Å². The van der Waals surface area contributed by atoms with Gasteiger partial charge in [-0.15, -0.1) is 11.3 Å². The smallest absolute Gasteiger partial charge is 0.261 e. The fourth-order valence-electron chi connectivity index (χ4n) is 3.20. The number of likely N-dealkylation sites (tertiary alicyclic amines) is 1. The zero-order valence-corrected chi connectivity index (χ0v) is 15.8. The fourth-order valence-corrected chi connectivity index (χ4v) is 3.98. The summed E-state index contributed by atoms with van der Waals surface area (Å²) >= 11 is 1.42. The van der Waals surface area contributed by atoms with Crippen molar-refractivity contribution in [2.45, 2.75) is 32.2 Å². The van der Waals surface area contributed by atoms with E-state index >= 15 is 0 Å². The Kier molecular flexibility index (Phi) is 6.46. The topological polar surface area (TPSA) is 74.6 Å². The van der Waals surface area contributed by atoms with Crippen LogP contribution < -0.4 is 10.6 Å². The summed E-state index contributed by atoms with van der Waals surface area (Å²) in [4.78, 5) is 28.3. The first-order chi connectivity index (χ1) is 12.6. The normalized spacial score (nSPS) is 16.2. The molecule has 1 fully saturated rings. The van der Waals surface area contributed by atoms with Crippen LogP contribution in [-0.2, 0) is 4.79 Å². The van der Waals surface area contributed by atoms with Gasteiger partial charge in [-0.2, -0.15) is 0 Å². The number of thiophene rings is 1. The molecule has 0 radical (unpaired) electrons. The Hall–Kier alpha value is -2.12. The quantitative estimate of drug-likeness (QED) is 0.780. The zero-order chi connectivity index (χ0) is 18.4. The van der Waals surface area contributed by atoms with E-state index in [-0.39, 0.29) is 24.4 Å². The third-order valence-corrected chi connectivity index (χ3v) is 5.57. The maximum absolute atomic E-state index is 12.2. The third kappa shape index (κ3) is 4.95. The number of nitrogens with one attached hydrogen (secondary N) is 2. The van der Waals surface area contributed by atoms with E-state index in [1.165, 1.54) is 30.6 Å². The average molecular weight is 375 g/mol. The molecule has 0 spiro atoms. The van der Waals surface area contributed by atoms with Crippen molar-refractivity contribution < 1.29 is 14.0 Å². The highest BCUT2D eigenvalue weighted by atomic mass is 32.1. The Morgan fingerprint density at radius 2 is 2.00 bits per heavy atom. The first-order valence-corrected chi connectivity index (χ1v) is 9.84. The molecular weight excluding hydrogens is 350 g/mol. The maximum Gasteiger partial charge on any atom is 0.261 e. The van der Waals surface area contributed by atoms with Crippen molar-refractivity contribution in [3.63, 3.8) is 0 Å². The first-order valence-electron chi connectivity index (χ1n) is 9.02. The van der Waals surface area contributed by atoms with Crippen LogP contribution >= 0.6 is 11.3 Å². The van der Waals surface area contributed by atoms with E-state index in [1.54, 1.807) is 12.3 Å². The SMILES string of the molecule is Cc1ccc(C(=O)NCC(=O)NCC(c2ccco2)N2CCCCC2)s1. The van der Waals surface area contributed by atoms with E-state index in [2.05, 4.69) is 15.5 Å². The largest absolute Gasteiger partial charge is 0.468 e. The van der Waals surface area contributed by atoms with E-state index in [1.807, 2.05) is 25.1 Å². The number of furan rings is 1. The Balaban J connectivity index is 1.50. The van der Waals surface area contributed by atoms with Gasteiger partial charge in [0.1, 0.15) is 5.76 Å². The molecule has 0 bridgehead atoms. The Morgan fingerprint density at radius 3 is 2.65 bits per heavy atom. The molecule has 26 heavy (non-hydrogen) atoms. The lowest BCUT2D eigenvalue weighted by Crippen LogP contribution is -2.43. The molecule has 0 aromatic carbocycles. The molecule has 1 atom stereocenters. The van der Waals surface area contributed by atoms with E-state index in [9.17, 15) is 9.59 Å². The van der Waals surface area contributed by atoms with E-state index < -0.39 is 0 Å². The van der Waals surface area contributed by atoms with Gasteiger partial charge in [-0.1, -0.05) is 6.42 Å². The first kappa shape index (κ1) is 18.7. The number of amides is 2. The number of rotatable bonds is 7. The van der Waals surface area contributed by atoms with Gasteiger partial charge in [0.2, 0.25) is 5.91 Å². The Morgan fingerprint density at radius 1 is 1.19 bits per heavy atom. The highest BCUT2D eigenvalue weighted by Gasteiger charge is 2.24. The summed E-state index contributed by atoms with van der Waals surface area (Å²) in [6.45, 7) is 4.41. The summed E-state index contributed by atoms with van der Waals surface area (Å²) < 4.78 is 5.58. The number of aryl methyl sites for hydroxylation is 1. The second-order valence-electron chi connectivity index (χ2n) is 6.52. The van der Waals surface area contributed by atoms with E-state index in [4.69, 9.17) is 4.42 Å². The van der Waals surface area contributed by atoms with Crippen LogP contribution in [0.3, 0.4) is 0 Å². The number of carbonyl (C=O) groups is 2. The Bertz CT molecular complexity index is 720. The van der Waals surface area contributed by atoms with Gasteiger partial charge >= 0.3 is 0 Å². The van der Waals surface area contributed by atoms with Crippen molar-refractivity contribution in [2.24, 2.45) is 0 Å². The number of hydrogen-bond donors (Lipinski definition) is 2. The Labute approximate surface area is 157 Å². The molecule has 1 saturated heterocycles. The maximum atomic E-state index is 12.2. The van der Waals surface area contributed by atoms with Gasteiger partial charge in [-0.3, -0.25) is 14.5 Å². The lowest BCUT2D eigenvalue weighted by atomic mass is 10.1. The lowest BCUT2D eigenvalue weighted by Gasteiger charge is -2.33. The molecule has 140 valence electrons. The van der Waals surface area contributed by atoms with Crippen LogP contribution in [0.15, 0.2) is 34.9 Å². The van der Waals surface area contributed by atoms with Gasteiger partial charge in [-0.25, -0.2) is 0 Å². The molecule has 1 aliphatic rings. The van der Waals surface area contributed by atoms with Crippen molar-refractivity contribution in [3.05, 3.63) is 46.0 Å². The summed E-state index contributed by atoms with van der Waals surface area (Å²) in [5, 5.41) is 5.60. The standard InChI is InChI=1S/C19H25N3O3S/c1-14-7-8-17(26-14)19(24)21-13-18(23)20-12-15(16-6-5-11-25-16)22-9-3-2-4-10-22/h5-8,11,15H,2-4,9-10,12-13H2,1H3,(H,20,23)(H,21,24). The van der Waals surface area contributed by atoms with Crippen LogP contribution in [0.5, 0.6) is 0 Å². The second kappa shape index (κ2) is 9.00. The van der Waals surface area contributed by atoms with Gasteiger partial charge in [-0.05, 0) is 57.1 Å². The van der Waals surface area contributed by atoms with Crippen molar-refractivity contribution in [2.75, 3.05) is 26.2 Å². The lowest BCUT2D eigenvalue weighted by molar-refractivity contribution is -0.120. The van der Waals surface area contributed by atoms with Crippen LogP contribution in [0.2, 0.25) is 0 Å². The minimum atomic E-state index is -0.211. The van der Waals surface area contributed by atoms with Crippen LogP contribution in [0.25, 0.3) is 0 Å².